The van der Waals surface area contributed by atoms with E-state index >= 15 is 0 Å². The van der Waals surface area contributed by atoms with E-state index in [1.807, 2.05) is 0 Å². The number of carbonyl (C=O) groups excluding carboxylic acids is 1. The lowest BCUT2D eigenvalue weighted by Gasteiger charge is -2.13. The number of aromatic amines is 1. The Morgan fingerprint density at radius 2 is 1.93 bits per heavy atom. The summed E-state index contributed by atoms with van der Waals surface area (Å²) in [6.45, 7) is 1.35. The molecule has 3 rings (SSSR count). The van der Waals surface area contributed by atoms with Crippen molar-refractivity contribution in [3.05, 3.63) is 46.3 Å². The van der Waals surface area contributed by atoms with Gasteiger partial charge in [-0.05, 0) is 30.7 Å². The van der Waals surface area contributed by atoms with Crippen LogP contribution in [0.5, 0.6) is 0 Å². The maximum Gasteiger partial charge on any atom is 0.416 e. The summed E-state index contributed by atoms with van der Waals surface area (Å²) < 4.78 is 65.7. The highest BCUT2D eigenvalue weighted by Gasteiger charge is 2.57. The summed E-state index contributed by atoms with van der Waals surface area (Å²) in [4.78, 5) is 23.4. The Hall–Kier alpha value is -2.98. The van der Waals surface area contributed by atoms with Crippen LogP contribution in [0.3, 0.4) is 0 Å². The van der Waals surface area contributed by atoms with Gasteiger partial charge in [-0.2, -0.15) is 18.3 Å². The van der Waals surface area contributed by atoms with Crippen LogP contribution in [0.1, 0.15) is 50.0 Å². The monoisotopic (exact) mass is 389 g/mol. The zero-order valence-electron chi connectivity index (χ0n) is 13.6. The maximum absolute atomic E-state index is 13.3. The van der Waals surface area contributed by atoms with E-state index in [0.717, 1.165) is 6.07 Å². The molecule has 0 saturated heterocycles. The van der Waals surface area contributed by atoms with Gasteiger partial charge in [-0.15, -0.1) is 0 Å². The number of halogens is 5. The molecule has 0 radical (unpaired) electrons. The molecule has 144 valence electrons. The molecule has 1 aromatic carbocycles. The van der Waals surface area contributed by atoms with Gasteiger partial charge in [0.05, 0.1) is 11.5 Å². The number of hydrogen-bond donors (Lipinski definition) is 3. The van der Waals surface area contributed by atoms with Crippen molar-refractivity contribution in [2.45, 2.75) is 31.4 Å². The predicted molar refractivity (Wildman–Crippen MR) is 82.0 cm³/mol. The Labute approximate surface area is 148 Å². The van der Waals surface area contributed by atoms with E-state index in [4.69, 9.17) is 5.11 Å². The number of hydrogen-bond acceptors (Lipinski definition) is 3. The summed E-state index contributed by atoms with van der Waals surface area (Å²) in [5.74, 6) is -6.99. The molecule has 2 aromatic rings. The van der Waals surface area contributed by atoms with Crippen LogP contribution in [0.2, 0.25) is 0 Å². The molecule has 1 saturated carbocycles. The number of amides is 1. The number of aromatic nitrogens is 2. The van der Waals surface area contributed by atoms with Gasteiger partial charge in [-0.25, -0.2) is 13.6 Å². The highest BCUT2D eigenvalue weighted by Crippen LogP contribution is 2.56. The number of aryl methyl sites for hydroxylation is 1. The van der Waals surface area contributed by atoms with E-state index in [2.05, 4.69) is 15.5 Å². The number of rotatable bonds is 4. The summed E-state index contributed by atoms with van der Waals surface area (Å²) in [5.41, 5.74) is -2.74. The molecule has 1 atom stereocenters. The van der Waals surface area contributed by atoms with Crippen molar-refractivity contribution in [1.82, 2.24) is 10.2 Å². The Balaban J connectivity index is 1.96. The average Bonchev–Trinajstić information content (AvgIpc) is 2.99. The number of carboxylic acids is 1. The molecule has 1 fully saturated rings. The van der Waals surface area contributed by atoms with E-state index in [9.17, 15) is 31.5 Å². The van der Waals surface area contributed by atoms with Gasteiger partial charge < -0.3 is 10.4 Å². The van der Waals surface area contributed by atoms with Crippen molar-refractivity contribution >= 4 is 17.6 Å². The maximum atomic E-state index is 13.3. The molecule has 1 aliphatic rings. The Bertz CT molecular complexity index is 936. The van der Waals surface area contributed by atoms with Crippen LogP contribution in [0.25, 0.3) is 0 Å². The van der Waals surface area contributed by atoms with Gasteiger partial charge in [0.25, 0.3) is 11.8 Å². The van der Waals surface area contributed by atoms with Crippen LogP contribution in [-0.2, 0) is 6.18 Å². The summed E-state index contributed by atoms with van der Waals surface area (Å²) in [5, 5.41) is 17.0. The van der Waals surface area contributed by atoms with E-state index in [0.29, 0.717) is 12.1 Å². The second kappa shape index (κ2) is 6.03. The first kappa shape index (κ1) is 18.8. The van der Waals surface area contributed by atoms with Crippen molar-refractivity contribution in [1.29, 1.82) is 0 Å². The molecular formula is C16H12F5N3O3. The minimum atomic E-state index is -4.81. The third kappa shape index (κ3) is 3.62. The fourth-order valence-electron chi connectivity index (χ4n) is 2.71. The molecule has 1 heterocycles. The van der Waals surface area contributed by atoms with Crippen LogP contribution >= 0.6 is 0 Å². The van der Waals surface area contributed by atoms with Gasteiger partial charge in [0.15, 0.2) is 5.69 Å². The quantitative estimate of drug-likeness (QED) is 0.693. The Kier molecular flexibility index (Phi) is 4.20. The van der Waals surface area contributed by atoms with Gasteiger partial charge in [0.2, 0.25) is 0 Å². The van der Waals surface area contributed by atoms with E-state index in [-0.39, 0.29) is 16.9 Å². The number of aromatic carboxylic acids is 1. The predicted octanol–water partition coefficient (Wildman–Crippen LogP) is 3.81. The molecule has 0 aliphatic heterocycles. The van der Waals surface area contributed by atoms with Crippen molar-refractivity contribution < 1.29 is 36.6 Å². The third-order valence-corrected chi connectivity index (χ3v) is 4.15. The zero-order chi connectivity index (χ0) is 20.1. The summed E-state index contributed by atoms with van der Waals surface area (Å²) in [6.07, 6.45) is -5.39. The molecule has 1 aromatic heterocycles. The first-order valence-corrected chi connectivity index (χ1v) is 7.60. The first-order chi connectivity index (χ1) is 12.4. The first-order valence-electron chi connectivity index (χ1n) is 7.60. The number of alkyl halides is 5. The van der Waals surface area contributed by atoms with Gasteiger partial charge >= 0.3 is 12.1 Å². The lowest BCUT2D eigenvalue weighted by atomic mass is 10.0. The molecular weight excluding hydrogens is 377 g/mol. The smallest absolute Gasteiger partial charge is 0.416 e. The fraction of sp³-hybridized carbons (Fsp3) is 0.312. The lowest BCUT2D eigenvalue weighted by molar-refractivity contribution is -0.137. The van der Waals surface area contributed by atoms with E-state index < -0.39 is 53.1 Å². The average molecular weight is 389 g/mol. The van der Waals surface area contributed by atoms with Gasteiger partial charge in [-0.3, -0.25) is 9.89 Å². The van der Waals surface area contributed by atoms with Gasteiger partial charge in [0.1, 0.15) is 5.56 Å². The Morgan fingerprint density at radius 3 is 2.44 bits per heavy atom. The Morgan fingerprint density at radius 1 is 1.30 bits per heavy atom. The summed E-state index contributed by atoms with van der Waals surface area (Å²) >= 11 is 0. The molecule has 1 unspecified atom stereocenters. The molecule has 11 heteroatoms. The van der Waals surface area contributed by atoms with Crippen LogP contribution in [0.15, 0.2) is 18.2 Å². The van der Waals surface area contributed by atoms with Crippen LogP contribution in [0.4, 0.5) is 27.6 Å². The number of carbonyl (C=O) groups is 2. The van der Waals surface area contributed by atoms with Crippen molar-refractivity contribution in [2.75, 3.05) is 5.32 Å². The molecule has 6 nitrogen and oxygen atoms in total. The summed E-state index contributed by atoms with van der Waals surface area (Å²) in [7, 11) is 0. The molecule has 0 bridgehead atoms. The highest BCUT2D eigenvalue weighted by molar-refractivity contribution is 6.09. The lowest BCUT2D eigenvalue weighted by Crippen LogP contribution is -2.17. The van der Waals surface area contributed by atoms with Crippen LogP contribution < -0.4 is 5.32 Å². The minimum Gasteiger partial charge on any atom is -0.478 e. The zero-order valence-corrected chi connectivity index (χ0v) is 13.6. The van der Waals surface area contributed by atoms with Crippen molar-refractivity contribution in [3.63, 3.8) is 0 Å². The second-order valence-electron chi connectivity index (χ2n) is 6.19. The molecule has 0 spiro atoms. The number of carboxylic acid groups (broad SMARTS) is 1. The van der Waals surface area contributed by atoms with Gasteiger partial charge in [-0.1, -0.05) is 0 Å². The van der Waals surface area contributed by atoms with Crippen molar-refractivity contribution in [3.8, 4) is 0 Å². The minimum absolute atomic E-state index is 0.0787. The normalized spacial score (nSPS) is 18.2. The number of benzene rings is 1. The number of nitrogens with one attached hydrogen (secondary N) is 2. The van der Waals surface area contributed by atoms with Crippen LogP contribution in [0, 0.1) is 6.92 Å². The number of nitrogens with zero attached hydrogens (tertiary/aromatic N) is 1. The fourth-order valence-corrected chi connectivity index (χ4v) is 2.71. The standard InChI is InChI=1S/C16H12F5N3O3/c1-6-11(14(26)27)12(24-23-6)13(25)22-9-3-7(10-5-15(10,17)18)2-8(4-9)16(19,20)21/h2-4,10H,5H2,1H3,(H,22,25)(H,23,24)(H,26,27). The molecule has 3 N–H and O–H groups in total. The largest absolute Gasteiger partial charge is 0.478 e. The highest BCUT2D eigenvalue weighted by atomic mass is 19.4. The van der Waals surface area contributed by atoms with Crippen molar-refractivity contribution in [2.24, 2.45) is 0 Å². The molecule has 1 amide bonds. The van der Waals surface area contributed by atoms with Gasteiger partial charge in [0, 0.05) is 17.8 Å². The molecule has 27 heavy (non-hydrogen) atoms. The van der Waals surface area contributed by atoms with E-state index in [1.54, 1.807) is 0 Å². The van der Waals surface area contributed by atoms with E-state index in [1.165, 1.54) is 6.92 Å². The topological polar surface area (TPSA) is 95.1 Å². The number of anilines is 1. The molecule has 1 aliphatic carbocycles. The third-order valence-electron chi connectivity index (χ3n) is 4.15. The SMILES string of the molecule is Cc1[nH]nc(C(=O)Nc2cc(C3CC3(F)F)cc(C(F)(F)F)c2)c1C(=O)O. The summed E-state index contributed by atoms with van der Waals surface area (Å²) in [6, 6.07) is 2.21. The number of H-pyrrole nitrogens is 1. The second-order valence-corrected chi connectivity index (χ2v) is 6.19. The van der Waals surface area contributed by atoms with Crippen LogP contribution in [-0.4, -0.2) is 33.1 Å².